The van der Waals surface area contributed by atoms with Gasteiger partial charge in [-0.15, -0.1) is 0 Å². The molecule has 2 aliphatic carbocycles. The Balaban J connectivity index is 1.89. The van der Waals surface area contributed by atoms with Gasteiger partial charge >= 0.3 is 5.97 Å². The summed E-state index contributed by atoms with van der Waals surface area (Å²) in [5.74, 6) is 0.832. The van der Waals surface area contributed by atoms with Gasteiger partial charge in [-0.25, -0.2) is 4.39 Å². The molecule has 3 rings (SSSR count). The maximum Gasteiger partial charge on any atom is 0.327 e. The minimum Gasteiger partial charge on any atom is -0.465 e. The third-order valence-electron chi connectivity index (χ3n) is 3.67. The zero-order valence-electron chi connectivity index (χ0n) is 10.0. The van der Waals surface area contributed by atoms with E-state index in [1.807, 2.05) is 0 Å². The Bertz CT molecular complexity index is 501. The van der Waals surface area contributed by atoms with Crippen molar-refractivity contribution in [2.75, 3.05) is 6.61 Å². The molecule has 0 spiro atoms. The molecule has 0 aromatic carbocycles. The van der Waals surface area contributed by atoms with Gasteiger partial charge in [-0.3, -0.25) is 9.48 Å². The third kappa shape index (κ3) is 1.94. The van der Waals surface area contributed by atoms with Gasteiger partial charge < -0.3 is 4.74 Å². The van der Waals surface area contributed by atoms with E-state index in [4.69, 9.17) is 4.74 Å². The summed E-state index contributed by atoms with van der Waals surface area (Å²) in [6, 6.07) is 0. The summed E-state index contributed by atoms with van der Waals surface area (Å²) in [5.41, 5.74) is 2.62. The van der Waals surface area contributed by atoms with Crippen LogP contribution in [0.5, 0.6) is 0 Å². The zero-order valence-corrected chi connectivity index (χ0v) is 12.2. The standard InChI is InChI=1S/C12H14FIN2O2/c1-2-18-9(17)5-16-8-4-6-3-7(6)10(8)11(15-16)12(13)14/h6-7,12H,2-5H2,1H3. The molecule has 98 valence electrons. The highest BCUT2D eigenvalue weighted by molar-refractivity contribution is 14.1. The van der Waals surface area contributed by atoms with E-state index in [2.05, 4.69) is 5.10 Å². The number of fused-ring (bicyclic) bond motifs is 3. The van der Waals surface area contributed by atoms with E-state index in [-0.39, 0.29) is 12.5 Å². The Morgan fingerprint density at radius 2 is 2.50 bits per heavy atom. The summed E-state index contributed by atoms with van der Waals surface area (Å²) in [5, 5.41) is 4.26. The Hall–Kier alpha value is -0.660. The van der Waals surface area contributed by atoms with Crippen molar-refractivity contribution < 1.29 is 13.9 Å². The molecule has 1 heterocycles. The number of carbonyl (C=O) groups is 1. The van der Waals surface area contributed by atoms with E-state index in [0.717, 1.165) is 24.1 Å². The molecule has 0 saturated heterocycles. The minimum atomic E-state index is -1.10. The second kappa shape index (κ2) is 4.47. The number of halogens is 2. The van der Waals surface area contributed by atoms with Crippen LogP contribution in [0.3, 0.4) is 0 Å². The van der Waals surface area contributed by atoms with Crippen LogP contribution in [0.25, 0.3) is 0 Å². The minimum absolute atomic E-state index is 0.0962. The van der Waals surface area contributed by atoms with Gasteiger partial charge in [0.15, 0.2) is 4.18 Å². The molecule has 3 atom stereocenters. The van der Waals surface area contributed by atoms with Crippen molar-refractivity contribution in [1.82, 2.24) is 9.78 Å². The first kappa shape index (κ1) is 12.4. The van der Waals surface area contributed by atoms with E-state index < -0.39 is 4.18 Å². The third-order valence-corrected chi connectivity index (χ3v) is 4.26. The Labute approximate surface area is 118 Å². The lowest BCUT2D eigenvalue weighted by atomic mass is 10.1. The van der Waals surface area contributed by atoms with Crippen molar-refractivity contribution in [3.8, 4) is 0 Å². The van der Waals surface area contributed by atoms with Crippen LogP contribution < -0.4 is 0 Å². The van der Waals surface area contributed by atoms with Crippen molar-refractivity contribution in [2.45, 2.75) is 36.4 Å². The fourth-order valence-corrected chi connectivity index (χ4v) is 3.31. The van der Waals surface area contributed by atoms with Gasteiger partial charge in [0.1, 0.15) is 12.2 Å². The zero-order chi connectivity index (χ0) is 12.9. The Morgan fingerprint density at radius 1 is 1.72 bits per heavy atom. The molecular weight excluding hydrogens is 350 g/mol. The number of rotatable bonds is 4. The average Bonchev–Trinajstić information content (AvgIpc) is 2.82. The molecule has 6 heteroatoms. The van der Waals surface area contributed by atoms with Crippen LogP contribution in [-0.2, 0) is 22.5 Å². The molecule has 0 amide bonds. The summed E-state index contributed by atoms with van der Waals surface area (Å²) >= 11 is 1.74. The number of alkyl halides is 2. The summed E-state index contributed by atoms with van der Waals surface area (Å²) < 4.78 is 19.0. The number of hydrogen-bond donors (Lipinski definition) is 0. The van der Waals surface area contributed by atoms with Crippen LogP contribution in [0.2, 0.25) is 0 Å². The molecule has 0 aliphatic heterocycles. The van der Waals surface area contributed by atoms with E-state index in [1.165, 1.54) is 0 Å². The predicted molar refractivity (Wildman–Crippen MR) is 71.3 cm³/mol. The molecular formula is C12H14FIN2O2. The van der Waals surface area contributed by atoms with Gasteiger partial charge in [0, 0.05) is 11.3 Å². The molecule has 0 bridgehead atoms. The Kier molecular flexibility index (Phi) is 3.07. The van der Waals surface area contributed by atoms with Gasteiger partial charge in [-0.05, 0) is 54.2 Å². The van der Waals surface area contributed by atoms with Crippen LogP contribution in [0.1, 0.15) is 40.4 Å². The van der Waals surface area contributed by atoms with Gasteiger partial charge in [0.25, 0.3) is 0 Å². The summed E-state index contributed by atoms with van der Waals surface area (Å²) in [4.78, 5) is 11.5. The largest absolute Gasteiger partial charge is 0.465 e. The predicted octanol–water partition coefficient (Wildman–Crippen LogP) is 2.51. The van der Waals surface area contributed by atoms with Crippen LogP contribution >= 0.6 is 22.6 Å². The molecule has 1 aromatic rings. The topological polar surface area (TPSA) is 44.1 Å². The van der Waals surface area contributed by atoms with E-state index >= 15 is 0 Å². The van der Waals surface area contributed by atoms with E-state index in [9.17, 15) is 9.18 Å². The van der Waals surface area contributed by atoms with Gasteiger partial charge in [-0.2, -0.15) is 5.10 Å². The van der Waals surface area contributed by atoms with Crippen molar-refractivity contribution in [3.63, 3.8) is 0 Å². The first-order valence-electron chi connectivity index (χ1n) is 6.15. The number of nitrogens with zero attached hydrogens (tertiary/aromatic N) is 2. The van der Waals surface area contributed by atoms with Crippen LogP contribution in [0.15, 0.2) is 0 Å². The molecule has 3 unspecified atom stereocenters. The average molecular weight is 364 g/mol. The van der Waals surface area contributed by atoms with Crippen LogP contribution in [0, 0.1) is 5.92 Å². The molecule has 0 radical (unpaired) electrons. The lowest BCUT2D eigenvalue weighted by Gasteiger charge is -2.05. The monoisotopic (exact) mass is 364 g/mol. The fraction of sp³-hybridized carbons (Fsp3) is 0.667. The molecule has 18 heavy (non-hydrogen) atoms. The number of esters is 1. The normalized spacial score (nSPS) is 25.5. The molecule has 0 N–H and O–H groups in total. The molecule has 1 saturated carbocycles. The van der Waals surface area contributed by atoms with Crippen molar-refractivity contribution in [1.29, 1.82) is 0 Å². The first-order valence-corrected chi connectivity index (χ1v) is 7.39. The highest BCUT2D eigenvalue weighted by Gasteiger charge is 2.49. The number of carbonyl (C=O) groups excluding carboxylic acids is 1. The fourth-order valence-electron chi connectivity index (χ4n) is 2.85. The second-order valence-corrected chi connectivity index (χ2v) is 5.91. The van der Waals surface area contributed by atoms with Gasteiger partial charge in [0.05, 0.1) is 6.61 Å². The molecule has 2 aliphatic rings. The quantitative estimate of drug-likeness (QED) is 0.469. The number of ether oxygens (including phenoxy) is 1. The Morgan fingerprint density at radius 3 is 3.17 bits per heavy atom. The number of aromatic nitrogens is 2. The highest BCUT2D eigenvalue weighted by Crippen LogP contribution is 2.58. The molecule has 4 nitrogen and oxygen atoms in total. The van der Waals surface area contributed by atoms with Crippen LogP contribution in [-0.4, -0.2) is 22.4 Å². The summed E-state index contributed by atoms with van der Waals surface area (Å²) in [6.45, 7) is 2.23. The second-order valence-electron chi connectivity index (χ2n) is 4.82. The summed E-state index contributed by atoms with van der Waals surface area (Å²) in [7, 11) is 0. The smallest absolute Gasteiger partial charge is 0.327 e. The van der Waals surface area contributed by atoms with E-state index in [0.29, 0.717) is 24.1 Å². The van der Waals surface area contributed by atoms with Crippen LogP contribution in [0.4, 0.5) is 4.39 Å². The lowest BCUT2D eigenvalue weighted by molar-refractivity contribution is -0.144. The van der Waals surface area contributed by atoms with Crippen molar-refractivity contribution in [3.05, 3.63) is 17.0 Å². The van der Waals surface area contributed by atoms with Gasteiger partial charge in [0.2, 0.25) is 0 Å². The highest BCUT2D eigenvalue weighted by atomic mass is 127. The van der Waals surface area contributed by atoms with Crippen molar-refractivity contribution in [2.24, 2.45) is 5.92 Å². The maximum absolute atomic E-state index is 13.6. The maximum atomic E-state index is 13.6. The van der Waals surface area contributed by atoms with Gasteiger partial charge in [-0.1, -0.05) is 0 Å². The molecule has 1 aromatic heterocycles. The SMILES string of the molecule is CCOC(=O)Cn1nc(C(F)I)c2c1CC1CC21. The number of hydrogen-bond acceptors (Lipinski definition) is 3. The summed E-state index contributed by atoms with van der Waals surface area (Å²) in [6.07, 6.45) is 2.07. The first-order chi connectivity index (χ1) is 8.61. The lowest BCUT2D eigenvalue weighted by Crippen LogP contribution is -2.16. The van der Waals surface area contributed by atoms with E-state index in [1.54, 1.807) is 34.2 Å². The van der Waals surface area contributed by atoms with Crippen molar-refractivity contribution >= 4 is 28.6 Å². The molecule has 1 fully saturated rings.